The van der Waals surface area contributed by atoms with E-state index < -0.39 is 0 Å². The van der Waals surface area contributed by atoms with Crippen LogP contribution in [0.4, 0.5) is 0 Å². The molecule has 2 N–H and O–H groups in total. The zero-order valence-corrected chi connectivity index (χ0v) is 16.0. The number of fused-ring (bicyclic) bond motifs is 4. The van der Waals surface area contributed by atoms with Gasteiger partial charge in [-0.2, -0.15) is 5.10 Å². The maximum absolute atomic E-state index is 12.9. The van der Waals surface area contributed by atoms with Gasteiger partial charge < -0.3 is 9.40 Å². The molecule has 8 heteroatoms. The van der Waals surface area contributed by atoms with E-state index in [9.17, 15) is 9.59 Å². The lowest BCUT2D eigenvalue weighted by Crippen LogP contribution is -2.07. The van der Waals surface area contributed by atoms with Crippen molar-refractivity contribution in [1.82, 2.24) is 24.5 Å². The highest BCUT2D eigenvalue weighted by atomic mass is 16.3. The Morgan fingerprint density at radius 2 is 2.00 bits per heavy atom. The van der Waals surface area contributed by atoms with E-state index in [2.05, 4.69) is 15.2 Å². The Morgan fingerprint density at radius 3 is 2.68 bits per heavy atom. The molecular formula is C20H19N5O3. The minimum absolute atomic E-state index is 0.0492. The summed E-state index contributed by atoms with van der Waals surface area (Å²) in [5.74, 6) is 0. The Kier molecular flexibility index (Phi) is 3.25. The largest absolute Gasteiger partial charge is 0.454 e. The van der Waals surface area contributed by atoms with Crippen molar-refractivity contribution in [2.75, 3.05) is 0 Å². The normalized spacial score (nSPS) is 12.2. The molecule has 0 aliphatic carbocycles. The zero-order chi connectivity index (χ0) is 19.7. The topological polar surface area (TPSA) is 102 Å². The predicted octanol–water partition coefficient (Wildman–Crippen LogP) is 3.21. The standard InChI is InChI=1S/C20H19N5O3/c1-9(2)25-19-16(20(27)23-25)15(13-8-21-24(4)10(13)3)18-17(22-19)12-6-5-11(26)7-14(12)28-18/h5-9,22H,1-4H3,(H,23,27). The fraction of sp³-hybridized carbons (Fsp3) is 0.250. The number of hydrogen-bond donors (Lipinski definition) is 2. The van der Waals surface area contributed by atoms with Crippen molar-refractivity contribution in [3.8, 4) is 11.1 Å². The molecule has 0 saturated heterocycles. The lowest BCUT2D eigenvalue weighted by molar-refractivity contribution is 0.542. The van der Waals surface area contributed by atoms with Gasteiger partial charge in [0, 0.05) is 41.4 Å². The Hall–Kier alpha value is -3.55. The van der Waals surface area contributed by atoms with Crippen molar-refractivity contribution >= 4 is 33.1 Å². The average Bonchev–Trinajstić information content (AvgIpc) is 3.28. The summed E-state index contributed by atoms with van der Waals surface area (Å²) in [4.78, 5) is 28.1. The summed E-state index contributed by atoms with van der Waals surface area (Å²) in [6, 6.07) is 4.77. The Labute approximate surface area is 158 Å². The summed E-state index contributed by atoms with van der Waals surface area (Å²) >= 11 is 0. The molecule has 0 bridgehead atoms. The van der Waals surface area contributed by atoms with Crippen LogP contribution in [0.2, 0.25) is 0 Å². The number of aromatic nitrogens is 5. The van der Waals surface area contributed by atoms with Gasteiger partial charge in [-0.1, -0.05) is 0 Å². The summed E-state index contributed by atoms with van der Waals surface area (Å²) in [5, 5.41) is 8.57. The van der Waals surface area contributed by atoms with Crippen molar-refractivity contribution in [2.45, 2.75) is 26.8 Å². The van der Waals surface area contributed by atoms with Gasteiger partial charge in [0.05, 0.1) is 17.1 Å². The Balaban J connectivity index is 2.09. The molecule has 0 amide bonds. The number of nitrogens with one attached hydrogen (secondary N) is 2. The first-order chi connectivity index (χ1) is 13.4. The highest BCUT2D eigenvalue weighted by Gasteiger charge is 2.24. The third-order valence-corrected chi connectivity index (χ3v) is 5.33. The lowest BCUT2D eigenvalue weighted by atomic mass is 10.0. The van der Waals surface area contributed by atoms with Crippen molar-refractivity contribution in [1.29, 1.82) is 0 Å². The molecule has 0 spiro atoms. The van der Waals surface area contributed by atoms with Crippen molar-refractivity contribution in [3.05, 3.63) is 50.7 Å². The summed E-state index contributed by atoms with van der Waals surface area (Å²) in [5.41, 5.74) is 4.53. The Bertz CT molecular complexity index is 1510. The molecule has 8 nitrogen and oxygen atoms in total. The smallest absolute Gasteiger partial charge is 0.274 e. The molecule has 5 aromatic rings. The van der Waals surface area contributed by atoms with Crippen molar-refractivity contribution in [3.63, 3.8) is 0 Å². The number of pyridine rings is 1. The molecule has 142 valence electrons. The van der Waals surface area contributed by atoms with Gasteiger partial charge in [-0.15, -0.1) is 0 Å². The van der Waals surface area contributed by atoms with Crippen LogP contribution in [0.1, 0.15) is 25.6 Å². The first kappa shape index (κ1) is 16.6. The zero-order valence-electron chi connectivity index (χ0n) is 16.0. The van der Waals surface area contributed by atoms with Crippen LogP contribution in [0.5, 0.6) is 0 Å². The van der Waals surface area contributed by atoms with E-state index in [1.165, 1.54) is 12.1 Å². The van der Waals surface area contributed by atoms with E-state index >= 15 is 0 Å². The van der Waals surface area contributed by atoms with Crippen LogP contribution < -0.4 is 11.0 Å². The minimum atomic E-state index is -0.204. The molecule has 0 saturated carbocycles. The van der Waals surface area contributed by atoms with E-state index in [1.54, 1.807) is 16.9 Å². The molecule has 0 aliphatic rings. The van der Waals surface area contributed by atoms with Crippen LogP contribution in [0.25, 0.3) is 44.2 Å². The third-order valence-electron chi connectivity index (χ3n) is 5.33. The van der Waals surface area contributed by atoms with Crippen molar-refractivity contribution < 1.29 is 4.42 Å². The molecular weight excluding hydrogens is 358 g/mol. The summed E-state index contributed by atoms with van der Waals surface area (Å²) in [6.07, 6.45) is 1.74. The van der Waals surface area contributed by atoms with Crippen LogP contribution >= 0.6 is 0 Å². The van der Waals surface area contributed by atoms with E-state index in [1.807, 2.05) is 32.5 Å². The quantitative estimate of drug-likeness (QED) is 0.493. The maximum Gasteiger partial charge on any atom is 0.274 e. The number of nitrogens with zero attached hydrogens (tertiary/aromatic N) is 3. The molecule has 4 aromatic heterocycles. The fourth-order valence-electron chi connectivity index (χ4n) is 3.80. The molecule has 5 rings (SSSR count). The first-order valence-corrected chi connectivity index (χ1v) is 9.08. The molecule has 1 aromatic carbocycles. The van der Waals surface area contributed by atoms with Gasteiger partial charge >= 0.3 is 0 Å². The molecule has 4 heterocycles. The van der Waals surface area contributed by atoms with Gasteiger partial charge in [-0.05, 0) is 32.9 Å². The lowest BCUT2D eigenvalue weighted by Gasteiger charge is -2.10. The molecule has 0 fully saturated rings. The number of aromatic amines is 2. The van der Waals surface area contributed by atoms with E-state index in [0.29, 0.717) is 27.8 Å². The SMILES string of the molecule is Cc1c(-c2c3oc4cc(=O)ccc4c3[nH]c3c2c(=O)[nH]n3C(C)C)cnn1C. The summed E-state index contributed by atoms with van der Waals surface area (Å²) in [6.45, 7) is 5.95. The number of rotatable bonds is 2. The van der Waals surface area contributed by atoms with Crippen LogP contribution in [-0.2, 0) is 7.05 Å². The third kappa shape index (κ3) is 2.08. The second-order valence-corrected chi connectivity index (χ2v) is 7.36. The second kappa shape index (κ2) is 5.48. The van der Waals surface area contributed by atoms with Crippen LogP contribution in [0.15, 0.2) is 38.4 Å². The summed E-state index contributed by atoms with van der Waals surface area (Å²) < 4.78 is 9.66. The number of hydrogen-bond acceptors (Lipinski definition) is 4. The van der Waals surface area contributed by atoms with Gasteiger partial charge in [0.1, 0.15) is 11.2 Å². The van der Waals surface area contributed by atoms with Gasteiger partial charge in [-0.3, -0.25) is 24.1 Å². The minimum Gasteiger partial charge on any atom is -0.454 e. The molecule has 0 unspecified atom stereocenters. The number of benzene rings is 1. The van der Waals surface area contributed by atoms with Crippen LogP contribution in [0.3, 0.4) is 0 Å². The Morgan fingerprint density at radius 1 is 1.21 bits per heavy atom. The number of H-pyrrole nitrogens is 2. The van der Waals surface area contributed by atoms with E-state index in [-0.39, 0.29) is 17.0 Å². The highest BCUT2D eigenvalue weighted by Crippen LogP contribution is 2.39. The fourth-order valence-corrected chi connectivity index (χ4v) is 3.80. The van der Waals surface area contributed by atoms with Gasteiger partial charge in [0.15, 0.2) is 11.0 Å². The summed E-state index contributed by atoms with van der Waals surface area (Å²) in [7, 11) is 1.86. The van der Waals surface area contributed by atoms with Gasteiger partial charge in [0.2, 0.25) is 0 Å². The van der Waals surface area contributed by atoms with E-state index in [0.717, 1.165) is 22.2 Å². The molecule has 28 heavy (non-hydrogen) atoms. The van der Waals surface area contributed by atoms with Crippen LogP contribution in [0, 0.1) is 6.92 Å². The highest BCUT2D eigenvalue weighted by molar-refractivity contribution is 6.14. The predicted molar refractivity (Wildman–Crippen MR) is 108 cm³/mol. The van der Waals surface area contributed by atoms with E-state index in [4.69, 9.17) is 4.42 Å². The van der Waals surface area contributed by atoms with Crippen molar-refractivity contribution in [2.24, 2.45) is 7.05 Å². The monoisotopic (exact) mass is 377 g/mol. The number of furan rings is 1. The van der Waals surface area contributed by atoms with Gasteiger partial charge in [-0.25, -0.2) is 0 Å². The number of aryl methyl sites for hydroxylation is 1. The van der Waals surface area contributed by atoms with Gasteiger partial charge in [0.25, 0.3) is 5.56 Å². The maximum atomic E-state index is 12.9. The average molecular weight is 377 g/mol. The van der Waals surface area contributed by atoms with Crippen LogP contribution in [-0.4, -0.2) is 24.5 Å². The second-order valence-electron chi connectivity index (χ2n) is 7.36. The molecule has 0 aliphatic heterocycles. The molecule has 0 radical (unpaired) electrons. The first-order valence-electron chi connectivity index (χ1n) is 9.08. The molecule has 0 atom stereocenters.